The molecule has 1 aliphatic rings. The van der Waals surface area contributed by atoms with Crippen LogP contribution in [-0.2, 0) is 18.8 Å². The second-order valence-electron chi connectivity index (χ2n) is 7.98. The normalized spacial score (nSPS) is 17.9. The minimum atomic E-state index is -4.71. The van der Waals surface area contributed by atoms with Crippen LogP contribution in [-0.4, -0.2) is 33.6 Å². The Morgan fingerprint density at radius 3 is 2.32 bits per heavy atom. The molecule has 3 heterocycles. The molecule has 4 N–H and O–H groups in total. The molecule has 0 fully saturated rings. The molecular weight excluding hydrogens is 504 g/mol. The van der Waals surface area contributed by atoms with Crippen LogP contribution < -0.4 is 21.1 Å². The molecule has 4 rings (SSSR count). The molecule has 1 atom stereocenters. The smallest absolute Gasteiger partial charge is 0.433 e. The topological polar surface area (TPSA) is 110 Å². The van der Waals surface area contributed by atoms with Crippen molar-refractivity contribution in [2.24, 2.45) is 10.7 Å². The zero-order valence-electron chi connectivity index (χ0n) is 19.0. The van der Waals surface area contributed by atoms with Crippen LogP contribution in [0.1, 0.15) is 22.6 Å². The molecule has 2 aromatic heterocycles. The number of rotatable bonds is 6. The molecule has 14 heteroatoms. The standard InChI is InChI=1S/C23H19F6N7O/c1-37-14-7-5-13(6-8-14)10-21(30)11-19(34-18-9-17(23(27,28)29)31-12-32-18)35-20(36-21)15-3-2-4-16(33-15)22(24,25)26/h2-9,11-12H,10,30H2,1H3,(H,35,36)(H,31,32,34). The first-order chi connectivity index (χ1) is 17.3. The van der Waals surface area contributed by atoms with Crippen LogP contribution in [0.3, 0.4) is 0 Å². The van der Waals surface area contributed by atoms with Gasteiger partial charge in [-0.2, -0.15) is 26.3 Å². The minimum Gasteiger partial charge on any atom is -0.497 e. The number of anilines is 1. The Balaban J connectivity index is 1.71. The molecule has 3 aromatic rings. The SMILES string of the molecule is COc1ccc(CC2(N)C=C(Nc3cc(C(F)(F)F)ncn3)NC(c3cccc(C(F)(F)F)n3)=N2)cc1. The van der Waals surface area contributed by atoms with Gasteiger partial charge in [0.25, 0.3) is 0 Å². The van der Waals surface area contributed by atoms with Crippen LogP contribution >= 0.6 is 0 Å². The fourth-order valence-corrected chi connectivity index (χ4v) is 3.47. The number of nitrogens with zero attached hydrogens (tertiary/aromatic N) is 4. The van der Waals surface area contributed by atoms with Gasteiger partial charge in [0.1, 0.15) is 46.5 Å². The van der Waals surface area contributed by atoms with Crippen LogP contribution in [0, 0.1) is 0 Å². The molecule has 1 aromatic carbocycles. The summed E-state index contributed by atoms with van der Waals surface area (Å²) in [6.45, 7) is 0. The van der Waals surface area contributed by atoms with Gasteiger partial charge >= 0.3 is 12.4 Å². The molecule has 0 bridgehead atoms. The average molecular weight is 523 g/mol. The molecule has 1 aliphatic heterocycles. The third-order valence-electron chi connectivity index (χ3n) is 5.12. The van der Waals surface area contributed by atoms with Crippen LogP contribution in [0.2, 0.25) is 0 Å². The third kappa shape index (κ3) is 6.33. The van der Waals surface area contributed by atoms with Gasteiger partial charge in [-0.05, 0) is 35.9 Å². The maximum atomic E-state index is 13.2. The van der Waals surface area contributed by atoms with Gasteiger partial charge in [0.15, 0.2) is 5.84 Å². The van der Waals surface area contributed by atoms with Gasteiger partial charge in [0.05, 0.1) is 7.11 Å². The van der Waals surface area contributed by atoms with Crippen LogP contribution in [0.25, 0.3) is 0 Å². The van der Waals surface area contributed by atoms with Gasteiger partial charge in [-0.25, -0.2) is 19.9 Å². The first-order valence-corrected chi connectivity index (χ1v) is 10.6. The highest BCUT2D eigenvalue weighted by Gasteiger charge is 2.35. The predicted molar refractivity (Wildman–Crippen MR) is 121 cm³/mol. The van der Waals surface area contributed by atoms with E-state index in [0.29, 0.717) is 17.4 Å². The summed E-state index contributed by atoms with van der Waals surface area (Å²) in [7, 11) is 1.50. The van der Waals surface area contributed by atoms with Crippen molar-refractivity contribution in [2.75, 3.05) is 12.4 Å². The zero-order valence-corrected chi connectivity index (χ0v) is 19.0. The highest BCUT2D eigenvalue weighted by Crippen LogP contribution is 2.30. The molecule has 0 spiro atoms. The molecule has 0 saturated carbocycles. The van der Waals surface area contributed by atoms with E-state index >= 15 is 0 Å². The number of hydrogen-bond donors (Lipinski definition) is 3. The van der Waals surface area contributed by atoms with E-state index in [1.807, 2.05) is 0 Å². The number of nitrogens with one attached hydrogen (secondary N) is 2. The summed E-state index contributed by atoms with van der Waals surface area (Å²) in [6.07, 6.45) is -7.22. The van der Waals surface area contributed by atoms with E-state index in [1.54, 1.807) is 24.3 Å². The van der Waals surface area contributed by atoms with E-state index < -0.39 is 29.4 Å². The second-order valence-corrected chi connectivity index (χ2v) is 7.98. The Morgan fingerprint density at radius 1 is 0.973 bits per heavy atom. The van der Waals surface area contributed by atoms with Crippen molar-refractivity contribution in [1.29, 1.82) is 0 Å². The second kappa shape index (κ2) is 9.69. The average Bonchev–Trinajstić information content (AvgIpc) is 2.83. The zero-order chi connectivity index (χ0) is 26.8. The maximum Gasteiger partial charge on any atom is 0.433 e. The minimum absolute atomic E-state index is 0.0343. The number of alkyl halides is 6. The van der Waals surface area contributed by atoms with Gasteiger partial charge in [-0.3, -0.25) is 0 Å². The van der Waals surface area contributed by atoms with E-state index in [1.165, 1.54) is 19.3 Å². The number of aromatic nitrogens is 3. The number of nitrogens with two attached hydrogens (primary N) is 1. The molecule has 1 unspecified atom stereocenters. The molecule has 0 radical (unpaired) electrons. The lowest BCUT2D eigenvalue weighted by molar-refractivity contribution is -0.142. The van der Waals surface area contributed by atoms with Crippen molar-refractivity contribution in [3.05, 3.63) is 89.4 Å². The molecule has 37 heavy (non-hydrogen) atoms. The van der Waals surface area contributed by atoms with Crippen molar-refractivity contribution in [3.63, 3.8) is 0 Å². The number of ether oxygens (including phenoxy) is 1. The van der Waals surface area contributed by atoms with Crippen molar-refractivity contribution < 1.29 is 31.1 Å². The van der Waals surface area contributed by atoms with Crippen molar-refractivity contribution in [3.8, 4) is 5.75 Å². The monoisotopic (exact) mass is 523 g/mol. The molecular formula is C23H19F6N7O. The first-order valence-electron chi connectivity index (χ1n) is 10.6. The Hall–Kier alpha value is -4.20. The van der Waals surface area contributed by atoms with Gasteiger partial charge < -0.3 is 21.1 Å². The van der Waals surface area contributed by atoms with E-state index in [2.05, 4.69) is 30.6 Å². The molecule has 0 aliphatic carbocycles. The molecule has 0 saturated heterocycles. The van der Waals surface area contributed by atoms with Gasteiger partial charge in [0, 0.05) is 12.5 Å². The van der Waals surface area contributed by atoms with E-state index in [4.69, 9.17) is 10.5 Å². The van der Waals surface area contributed by atoms with Gasteiger partial charge in [0.2, 0.25) is 0 Å². The van der Waals surface area contributed by atoms with Crippen LogP contribution in [0.4, 0.5) is 32.2 Å². The van der Waals surface area contributed by atoms with E-state index in [9.17, 15) is 26.3 Å². The summed E-state index contributed by atoms with van der Waals surface area (Å²) in [4.78, 5) is 15.0. The van der Waals surface area contributed by atoms with E-state index in [0.717, 1.165) is 18.5 Å². The third-order valence-corrected chi connectivity index (χ3v) is 5.12. The summed E-state index contributed by atoms with van der Waals surface area (Å²) in [5.74, 6) is 0.273. The summed E-state index contributed by atoms with van der Waals surface area (Å²) >= 11 is 0. The number of hydrogen-bond acceptors (Lipinski definition) is 8. The fourth-order valence-electron chi connectivity index (χ4n) is 3.47. The van der Waals surface area contributed by atoms with Crippen molar-refractivity contribution in [1.82, 2.24) is 20.3 Å². The highest BCUT2D eigenvalue weighted by atomic mass is 19.4. The predicted octanol–water partition coefficient (Wildman–Crippen LogP) is 4.12. The number of methoxy groups -OCH3 is 1. The van der Waals surface area contributed by atoms with Crippen molar-refractivity contribution in [2.45, 2.75) is 24.4 Å². The van der Waals surface area contributed by atoms with Crippen LogP contribution in [0.5, 0.6) is 5.75 Å². The summed E-state index contributed by atoms with van der Waals surface area (Å²) in [6, 6.07) is 10.8. The van der Waals surface area contributed by atoms with Gasteiger partial charge in [-0.1, -0.05) is 18.2 Å². The summed E-state index contributed by atoms with van der Waals surface area (Å²) in [5, 5.41) is 5.41. The number of halogens is 6. The number of aliphatic imine (C=N–C) groups is 1. The quantitative estimate of drug-likeness (QED) is 0.417. The Labute approximate surface area is 206 Å². The summed E-state index contributed by atoms with van der Waals surface area (Å²) in [5.41, 5.74) is 3.19. The van der Waals surface area contributed by atoms with Gasteiger partial charge in [-0.15, -0.1) is 0 Å². The Bertz CT molecular complexity index is 1340. The number of pyridine rings is 1. The van der Waals surface area contributed by atoms with Crippen molar-refractivity contribution >= 4 is 11.7 Å². The lowest BCUT2D eigenvalue weighted by Gasteiger charge is -2.30. The number of amidine groups is 1. The molecule has 194 valence electrons. The fraction of sp³-hybridized carbons (Fsp3) is 0.217. The lowest BCUT2D eigenvalue weighted by atomic mass is 9.99. The first kappa shape index (κ1) is 25.9. The number of benzene rings is 1. The van der Waals surface area contributed by atoms with E-state index in [-0.39, 0.29) is 29.6 Å². The Morgan fingerprint density at radius 2 is 1.68 bits per heavy atom. The largest absolute Gasteiger partial charge is 0.497 e. The molecule has 8 nitrogen and oxygen atoms in total. The molecule has 0 amide bonds. The maximum absolute atomic E-state index is 13.2. The van der Waals surface area contributed by atoms with Crippen LogP contribution in [0.15, 0.2) is 71.7 Å². The summed E-state index contributed by atoms with van der Waals surface area (Å²) < 4.78 is 84.1. The Kier molecular flexibility index (Phi) is 6.78. The lowest BCUT2D eigenvalue weighted by Crippen LogP contribution is -2.47. The highest BCUT2D eigenvalue weighted by molar-refractivity contribution is 5.99.